The molecule has 0 spiro atoms. The highest BCUT2D eigenvalue weighted by Crippen LogP contribution is 2.62. The van der Waals surface area contributed by atoms with Gasteiger partial charge in [0.05, 0.1) is 18.9 Å². The highest BCUT2D eigenvalue weighted by molar-refractivity contribution is 7.84. The number of hydrogen-bond acceptors (Lipinski definition) is 9. The van der Waals surface area contributed by atoms with Gasteiger partial charge in [-0.2, -0.15) is 13.6 Å². The first-order valence-corrected chi connectivity index (χ1v) is 19.8. The molecular formula is C37H53NO9S. The lowest BCUT2D eigenvalue weighted by molar-refractivity contribution is -0.325. The molecule has 3 saturated carbocycles. The third kappa shape index (κ3) is 6.53. The monoisotopic (exact) mass is 687 g/mol. The van der Waals surface area contributed by atoms with Gasteiger partial charge in [0.15, 0.2) is 6.29 Å². The highest BCUT2D eigenvalue weighted by Gasteiger charge is 2.56. The molecule has 2 unspecified atom stereocenters. The van der Waals surface area contributed by atoms with Crippen molar-refractivity contribution in [3.8, 4) is 5.75 Å². The first-order valence-electron chi connectivity index (χ1n) is 18.4. The number of rotatable bonds is 7. The van der Waals surface area contributed by atoms with E-state index in [0.717, 1.165) is 63.4 Å². The lowest BCUT2D eigenvalue weighted by Gasteiger charge is -2.51. The molecule has 13 atom stereocenters. The van der Waals surface area contributed by atoms with Crippen LogP contribution in [0, 0.1) is 46.8 Å². The van der Waals surface area contributed by atoms with Gasteiger partial charge in [-0.05, 0) is 123 Å². The summed E-state index contributed by atoms with van der Waals surface area (Å²) >= 11 is 0. The van der Waals surface area contributed by atoms with Crippen LogP contribution in [0.1, 0.15) is 115 Å². The second-order valence-corrected chi connectivity index (χ2v) is 17.3. The van der Waals surface area contributed by atoms with E-state index in [4.69, 9.17) is 28.3 Å². The van der Waals surface area contributed by atoms with Crippen LogP contribution in [0.15, 0.2) is 18.2 Å². The van der Waals surface area contributed by atoms with Crippen LogP contribution in [-0.4, -0.2) is 45.1 Å². The number of hydrogen-bond donors (Lipinski definition) is 1. The molecule has 5 fully saturated rings. The fraction of sp³-hybridized carbons (Fsp3) is 0.784. The third-order valence-electron chi connectivity index (χ3n) is 13.5. The molecule has 0 bridgehead atoms. The van der Waals surface area contributed by atoms with E-state index in [2.05, 4.69) is 27.7 Å². The summed E-state index contributed by atoms with van der Waals surface area (Å²) in [5.74, 6) is 2.77. The molecule has 10 nitrogen and oxygen atoms in total. The molecule has 0 radical (unpaired) electrons. The van der Waals surface area contributed by atoms with Crippen molar-refractivity contribution in [3.63, 3.8) is 0 Å². The molecule has 2 saturated heterocycles. The first kappa shape index (κ1) is 34.2. The molecule has 7 rings (SSSR count). The molecule has 2 aliphatic heterocycles. The normalized spacial score (nSPS) is 41.9. The molecular weight excluding hydrogens is 634 g/mol. The Bertz CT molecular complexity index is 1500. The Balaban J connectivity index is 0.926. The maximum Gasteiger partial charge on any atom is 0.380 e. The largest absolute Gasteiger partial charge is 0.462 e. The van der Waals surface area contributed by atoms with Gasteiger partial charge in [-0.3, -0.25) is 9.59 Å². The quantitative estimate of drug-likeness (QED) is 0.334. The van der Waals surface area contributed by atoms with Crippen molar-refractivity contribution in [3.05, 3.63) is 29.3 Å². The summed E-state index contributed by atoms with van der Waals surface area (Å²) in [4.78, 5) is 26.2. The van der Waals surface area contributed by atoms with Crippen LogP contribution in [-0.2, 0) is 45.3 Å². The molecule has 2 heterocycles. The zero-order chi connectivity index (χ0) is 34.0. The summed E-state index contributed by atoms with van der Waals surface area (Å²) in [6.07, 6.45) is 8.89. The van der Waals surface area contributed by atoms with Gasteiger partial charge in [0, 0.05) is 17.3 Å². The van der Waals surface area contributed by atoms with E-state index in [1.807, 2.05) is 12.1 Å². The minimum atomic E-state index is -4.07. The standard InChI is InChI=1S/C37H53NO9S/c1-20-5-9-26-22(3)35(46-36-34(26)25(20)10-6-21(2)43-36)45-33(40)16-15-32(39)44-31-14-13-30-29-11-7-23-19-24(47-48(38,41)42)8-12-27(23)28(29)17-18-37(30,31)4/h8,12,19-22,25-26,28-31,34-36H,5-7,9-11,13-18H2,1-4H3,(H2,38,41,42)/t20-,21+,22-,25+,26+,28-,29?,30+,31+,34?,35-,36+,37+/m1/s1. The van der Waals surface area contributed by atoms with E-state index >= 15 is 0 Å². The van der Waals surface area contributed by atoms with E-state index in [0.29, 0.717) is 41.4 Å². The molecule has 1 aromatic carbocycles. The van der Waals surface area contributed by atoms with Crippen LogP contribution in [0.2, 0.25) is 0 Å². The van der Waals surface area contributed by atoms with Crippen molar-refractivity contribution in [1.29, 1.82) is 0 Å². The Morgan fingerprint density at radius 1 is 0.896 bits per heavy atom. The van der Waals surface area contributed by atoms with Crippen molar-refractivity contribution < 1.29 is 41.1 Å². The molecule has 266 valence electrons. The number of esters is 2. The maximum absolute atomic E-state index is 13.1. The second kappa shape index (κ2) is 13.2. The Morgan fingerprint density at radius 2 is 1.65 bits per heavy atom. The van der Waals surface area contributed by atoms with Crippen LogP contribution in [0.3, 0.4) is 0 Å². The molecule has 2 N–H and O–H groups in total. The summed E-state index contributed by atoms with van der Waals surface area (Å²) in [5.41, 5.74) is 2.27. The van der Waals surface area contributed by atoms with Gasteiger partial charge in [-0.15, -0.1) is 0 Å². The SMILES string of the molecule is C[C@H]1[C@H](OC(=O)CCC(=O)O[C@H]2CC[C@H]3C4CCc5cc(OS(N)(=O)=O)ccc5[C@H]4CC[C@]23C)O[C@@H]2O[C@@H](C)CC[C@@H]3C2[C@H]1CC[C@H]3C. The van der Waals surface area contributed by atoms with Gasteiger partial charge in [0.25, 0.3) is 0 Å². The summed E-state index contributed by atoms with van der Waals surface area (Å²) in [6, 6.07) is 5.50. The van der Waals surface area contributed by atoms with Crippen LogP contribution >= 0.6 is 0 Å². The van der Waals surface area contributed by atoms with Crippen molar-refractivity contribution in [1.82, 2.24) is 0 Å². The van der Waals surface area contributed by atoms with Crippen molar-refractivity contribution in [2.24, 2.45) is 52.0 Å². The van der Waals surface area contributed by atoms with E-state index in [1.165, 1.54) is 12.0 Å². The van der Waals surface area contributed by atoms with Gasteiger partial charge in [-0.1, -0.05) is 33.3 Å². The Kier molecular flexibility index (Phi) is 9.39. The lowest BCUT2D eigenvalue weighted by Crippen LogP contribution is -2.54. The summed E-state index contributed by atoms with van der Waals surface area (Å²) in [7, 11) is -4.07. The smallest absolute Gasteiger partial charge is 0.380 e. The number of benzene rings is 1. The van der Waals surface area contributed by atoms with Crippen LogP contribution in [0.25, 0.3) is 0 Å². The Hall–Kier alpha value is -2.21. The molecule has 4 aliphatic carbocycles. The fourth-order valence-corrected chi connectivity index (χ4v) is 11.5. The summed E-state index contributed by atoms with van der Waals surface area (Å²) < 4.78 is 52.5. The number of carbonyl (C=O) groups excluding carboxylic acids is 2. The number of aryl methyl sites for hydroxylation is 1. The first-order chi connectivity index (χ1) is 22.8. The Labute approximate surface area is 285 Å². The van der Waals surface area contributed by atoms with Crippen LogP contribution < -0.4 is 9.32 Å². The number of carbonyl (C=O) groups is 2. The number of nitrogens with two attached hydrogens (primary N) is 1. The zero-order valence-electron chi connectivity index (χ0n) is 28.8. The average molecular weight is 688 g/mol. The Morgan fingerprint density at radius 3 is 2.42 bits per heavy atom. The van der Waals surface area contributed by atoms with E-state index in [9.17, 15) is 18.0 Å². The minimum Gasteiger partial charge on any atom is -0.462 e. The zero-order valence-corrected chi connectivity index (χ0v) is 29.6. The highest BCUT2D eigenvalue weighted by atomic mass is 32.2. The van der Waals surface area contributed by atoms with Crippen molar-refractivity contribution in [2.75, 3.05) is 0 Å². The molecule has 6 aliphatic rings. The van der Waals surface area contributed by atoms with E-state index in [1.54, 1.807) is 6.07 Å². The second-order valence-electron chi connectivity index (χ2n) is 16.2. The third-order valence-corrected chi connectivity index (χ3v) is 13.9. The number of ether oxygens (including phenoxy) is 4. The molecule has 1 aromatic rings. The predicted octanol–water partition coefficient (Wildman–Crippen LogP) is 6.16. The maximum atomic E-state index is 13.1. The predicted molar refractivity (Wildman–Crippen MR) is 176 cm³/mol. The molecule has 11 heteroatoms. The topological polar surface area (TPSA) is 140 Å². The van der Waals surface area contributed by atoms with Crippen molar-refractivity contribution >= 4 is 22.2 Å². The summed E-state index contributed by atoms with van der Waals surface area (Å²) in [6.45, 7) is 8.86. The summed E-state index contributed by atoms with van der Waals surface area (Å²) in [5, 5.41) is 5.08. The van der Waals surface area contributed by atoms with E-state index < -0.39 is 22.6 Å². The van der Waals surface area contributed by atoms with Gasteiger partial charge in [0.1, 0.15) is 11.9 Å². The lowest BCUT2D eigenvalue weighted by atomic mass is 9.55. The van der Waals surface area contributed by atoms with Gasteiger partial charge >= 0.3 is 22.2 Å². The molecule has 0 aromatic heterocycles. The minimum absolute atomic E-state index is 0.0118. The average Bonchev–Trinajstić information content (AvgIpc) is 3.25. The molecule has 48 heavy (non-hydrogen) atoms. The van der Waals surface area contributed by atoms with Crippen LogP contribution in [0.5, 0.6) is 5.75 Å². The molecule has 0 amide bonds. The van der Waals surface area contributed by atoms with Gasteiger partial charge < -0.3 is 23.1 Å². The van der Waals surface area contributed by atoms with E-state index in [-0.39, 0.29) is 54.4 Å². The van der Waals surface area contributed by atoms with Gasteiger partial charge in [0.2, 0.25) is 6.29 Å². The van der Waals surface area contributed by atoms with Gasteiger partial charge in [-0.25, -0.2) is 0 Å². The number of fused-ring (bicyclic) bond motifs is 5. The fourth-order valence-electron chi connectivity index (χ4n) is 11.1. The van der Waals surface area contributed by atoms with Crippen molar-refractivity contribution in [2.45, 2.75) is 135 Å². The van der Waals surface area contributed by atoms with Crippen LogP contribution in [0.4, 0.5) is 0 Å².